The molecule has 0 atom stereocenters. The van der Waals surface area contributed by atoms with Gasteiger partial charge in [-0.15, -0.1) is 0 Å². The number of fused-ring (bicyclic) bond motifs is 5. The molecule has 1 saturated carbocycles. The minimum Gasteiger partial charge on any atom is -0.455 e. The fourth-order valence-electron chi connectivity index (χ4n) is 6.15. The Morgan fingerprint density at radius 3 is 2.45 bits per heavy atom. The van der Waals surface area contributed by atoms with Crippen molar-refractivity contribution in [1.82, 2.24) is 10.3 Å². The number of carbonyl (C=O) groups excluding carboxylic acids is 1. The van der Waals surface area contributed by atoms with Crippen molar-refractivity contribution in [3.63, 3.8) is 0 Å². The van der Waals surface area contributed by atoms with E-state index in [0.717, 1.165) is 16.6 Å². The molecule has 0 unspecified atom stereocenters. The van der Waals surface area contributed by atoms with Crippen LogP contribution in [-0.2, 0) is 10.0 Å². The van der Waals surface area contributed by atoms with E-state index in [0.29, 0.717) is 34.7 Å². The molecule has 2 aromatic heterocycles. The highest BCUT2D eigenvalue weighted by Gasteiger charge is 2.56. The monoisotopic (exact) mass is 629 g/mol. The van der Waals surface area contributed by atoms with Gasteiger partial charge in [-0.1, -0.05) is 25.0 Å². The Hall–Kier alpha value is -4.39. The van der Waals surface area contributed by atoms with E-state index in [1.807, 2.05) is 0 Å². The SMILES string of the molecule is CCN(c1cc2oc3c4ccc(F)cc4[nH]c(=O)c3c2cc1-c1cccc(C(=O)NC2(C(F)(F)F)CCCC2)c1)S(C)(=O)=O. The normalized spacial score (nSPS) is 15.3. The lowest BCUT2D eigenvalue weighted by molar-refractivity contribution is -0.191. The number of aromatic nitrogens is 1. The Bertz CT molecular complexity index is 2130. The molecule has 1 aliphatic carbocycles. The zero-order chi connectivity index (χ0) is 31.6. The van der Waals surface area contributed by atoms with Crippen LogP contribution in [0, 0.1) is 5.82 Å². The molecule has 1 amide bonds. The summed E-state index contributed by atoms with van der Waals surface area (Å²) in [5.41, 5.74) is -1.55. The van der Waals surface area contributed by atoms with Crippen molar-refractivity contribution in [3.8, 4) is 11.1 Å². The number of amides is 1. The van der Waals surface area contributed by atoms with Crippen molar-refractivity contribution in [2.75, 3.05) is 17.1 Å². The zero-order valence-corrected chi connectivity index (χ0v) is 24.5. The van der Waals surface area contributed by atoms with Gasteiger partial charge in [0.05, 0.1) is 22.8 Å². The summed E-state index contributed by atoms with van der Waals surface area (Å²) in [5.74, 6) is -1.47. The third-order valence-corrected chi connectivity index (χ3v) is 9.51. The van der Waals surface area contributed by atoms with E-state index in [1.54, 1.807) is 19.1 Å². The van der Waals surface area contributed by atoms with Crippen LogP contribution in [0.4, 0.5) is 23.2 Å². The summed E-state index contributed by atoms with van der Waals surface area (Å²) in [7, 11) is -3.83. The summed E-state index contributed by atoms with van der Waals surface area (Å²) in [5, 5.41) is 3.13. The predicted octanol–water partition coefficient (Wildman–Crippen LogP) is 6.62. The number of anilines is 1. The molecule has 0 bridgehead atoms. The summed E-state index contributed by atoms with van der Waals surface area (Å²) in [6.07, 6.45) is -3.36. The summed E-state index contributed by atoms with van der Waals surface area (Å²) in [6, 6.07) is 12.7. The number of alkyl halides is 3. The first-order valence-electron chi connectivity index (χ1n) is 13.9. The number of aromatic amines is 1. The van der Waals surface area contributed by atoms with Crippen LogP contribution < -0.4 is 15.2 Å². The number of pyridine rings is 1. The largest absolute Gasteiger partial charge is 0.455 e. The number of nitrogens with zero attached hydrogens (tertiary/aromatic N) is 1. The van der Waals surface area contributed by atoms with Gasteiger partial charge in [-0.2, -0.15) is 13.2 Å². The first kappa shape index (κ1) is 29.7. The van der Waals surface area contributed by atoms with Crippen molar-refractivity contribution in [1.29, 1.82) is 0 Å². The predicted molar refractivity (Wildman–Crippen MR) is 160 cm³/mol. The number of halogens is 4. The highest BCUT2D eigenvalue weighted by Crippen LogP contribution is 2.44. The molecule has 230 valence electrons. The Balaban J connectivity index is 1.56. The number of H-pyrrole nitrogens is 1. The smallest absolute Gasteiger partial charge is 0.411 e. The summed E-state index contributed by atoms with van der Waals surface area (Å²) >= 11 is 0. The van der Waals surface area contributed by atoms with Gasteiger partial charge in [0.25, 0.3) is 11.5 Å². The lowest BCUT2D eigenvalue weighted by Crippen LogP contribution is -2.56. The van der Waals surface area contributed by atoms with Gasteiger partial charge in [-0.05, 0) is 61.7 Å². The number of hydrogen-bond acceptors (Lipinski definition) is 5. The van der Waals surface area contributed by atoms with Crippen molar-refractivity contribution < 1.29 is 35.2 Å². The van der Waals surface area contributed by atoms with Crippen LogP contribution in [0.2, 0.25) is 0 Å². The molecule has 0 radical (unpaired) electrons. The summed E-state index contributed by atoms with van der Waals surface area (Å²) < 4.78 is 88.7. The Morgan fingerprint density at radius 2 is 1.80 bits per heavy atom. The molecule has 6 rings (SSSR count). The highest BCUT2D eigenvalue weighted by molar-refractivity contribution is 7.92. The number of furan rings is 1. The molecule has 2 N–H and O–H groups in total. The van der Waals surface area contributed by atoms with Gasteiger partial charge in [0.15, 0.2) is 0 Å². The van der Waals surface area contributed by atoms with Gasteiger partial charge >= 0.3 is 6.18 Å². The summed E-state index contributed by atoms with van der Waals surface area (Å²) in [4.78, 5) is 29.0. The number of hydrogen-bond donors (Lipinski definition) is 2. The maximum Gasteiger partial charge on any atom is 0.411 e. The fourth-order valence-corrected chi connectivity index (χ4v) is 7.12. The lowest BCUT2D eigenvalue weighted by atomic mass is 9.95. The second kappa shape index (κ2) is 10.4. The van der Waals surface area contributed by atoms with E-state index in [9.17, 15) is 35.6 Å². The second-order valence-electron chi connectivity index (χ2n) is 11.1. The van der Waals surface area contributed by atoms with Crippen LogP contribution in [0.3, 0.4) is 0 Å². The molecule has 8 nitrogen and oxygen atoms in total. The quantitative estimate of drug-likeness (QED) is 0.205. The van der Waals surface area contributed by atoms with Crippen molar-refractivity contribution in [2.24, 2.45) is 0 Å². The maximum absolute atomic E-state index is 14.0. The Kier molecular flexibility index (Phi) is 6.99. The standard InChI is InChI=1S/C31H27F4N3O5S/c1-3-38(44(2,41)42)24-16-25-22(26-27(43-25)20-10-9-19(32)14-23(20)36-29(26)40)15-21(24)17-7-6-8-18(13-17)28(39)37-30(31(33,34)35)11-4-5-12-30/h6-10,13-16H,3-5,11-12H2,1-2H3,(H,36,40)(H,37,39). The van der Waals surface area contributed by atoms with E-state index in [4.69, 9.17) is 4.42 Å². The maximum atomic E-state index is 14.0. The number of carbonyl (C=O) groups is 1. The van der Waals surface area contributed by atoms with Crippen LogP contribution in [-0.4, -0.2) is 43.8 Å². The van der Waals surface area contributed by atoms with Gasteiger partial charge < -0.3 is 14.7 Å². The van der Waals surface area contributed by atoms with Crippen molar-refractivity contribution in [2.45, 2.75) is 44.3 Å². The minimum absolute atomic E-state index is 0.0225. The van der Waals surface area contributed by atoms with Gasteiger partial charge in [0, 0.05) is 34.5 Å². The van der Waals surface area contributed by atoms with E-state index >= 15 is 0 Å². The molecule has 1 fully saturated rings. The first-order chi connectivity index (χ1) is 20.7. The molecule has 5 aromatic rings. The molecule has 44 heavy (non-hydrogen) atoms. The minimum atomic E-state index is -4.63. The van der Waals surface area contributed by atoms with E-state index in [1.165, 1.54) is 36.4 Å². The number of rotatable bonds is 6. The van der Waals surface area contributed by atoms with Crippen molar-refractivity contribution >= 4 is 54.5 Å². The average Bonchev–Trinajstić information content (AvgIpc) is 3.58. The van der Waals surface area contributed by atoms with Crippen LogP contribution in [0.1, 0.15) is 43.0 Å². The van der Waals surface area contributed by atoms with E-state index in [2.05, 4.69) is 10.3 Å². The molecule has 2 heterocycles. The molecule has 13 heteroatoms. The number of sulfonamides is 1. The third kappa shape index (κ3) is 4.88. The van der Waals surface area contributed by atoms with E-state index in [-0.39, 0.29) is 52.7 Å². The Labute approximate surface area is 248 Å². The number of nitrogens with one attached hydrogen (secondary N) is 2. The van der Waals surface area contributed by atoms with Gasteiger partial charge in [0.2, 0.25) is 10.0 Å². The zero-order valence-electron chi connectivity index (χ0n) is 23.6. The van der Waals surface area contributed by atoms with Gasteiger partial charge in [-0.3, -0.25) is 13.9 Å². The van der Waals surface area contributed by atoms with Gasteiger partial charge in [0.1, 0.15) is 22.5 Å². The van der Waals surface area contributed by atoms with E-state index < -0.39 is 39.0 Å². The molecule has 0 saturated heterocycles. The molecule has 0 aliphatic heterocycles. The fraction of sp³-hybridized carbons (Fsp3) is 0.290. The molecular weight excluding hydrogens is 602 g/mol. The summed E-state index contributed by atoms with van der Waals surface area (Å²) in [6.45, 7) is 1.65. The van der Waals surface area contributed by atoms with Crippen LogP contribution >= 0.6 is 0 Å². The molecule has 1 aliphatic rings. The third-order valence-electron chi connectivity index (χ3n) is 8.25. The Morgan fingerprint density at radius 1 is 1.07 bits per heavy atom. The lowest BCUT2D eigenvalue weighted by Gasteiger charge is -2.32. The highest BCUT2D eigenvalue weighted by atomic mass is 32.2. The van der Waals surface area contributed by atoms with Crippen LogP contribution in [0.5, 0.6) is 0 Å². The second-order valence-corrected chi connectivity index (χ2v) is 13.0. The topological polar surface area (TPSA) is 112 Å². The number of benzene rings is 3. The molecular formula is C31H27F4N3O5S. The molecule has 3 aromatic carbocycles. The molecule has 0 spiro atoms. The van der Waals surface area contributed by atoms with Crippen LogP contribution in [0.15, 0.2) is 63.8 Å². The van der Waals surface area contributed by atoms with Crippen LogP contribution in [0.25, 0.3) is 44.0 Å². The van der Waals surface area contributed by atoms with Crippen molar-refractivity contribution in [3.05, 3.63) is 76.3 Å². The van der Waals surface area contributed by atoms with Gasteiger partial charge in [-0.25, -0.2) is 12.8 Å². The first-order valence-corrected chi connectivity index (χ1v) is 15.8. The average molecular weight is 630 g/mol.